The fourth-order valence-electron chi connectivity index (χ4n) is 8.52. The largest absolute Gasteiger partial charge is 0.494 e. The highest BCUT2D eigenvalue weighted by molar-refractivity contribution is 7.99. The lowest BCUT2D eigenvalue weighted by atomic mass is 10.0. The Bertz CT molecular complexity index is 2430. The summed E-state index contributed by atoms with van der Waals surface area (Å²) in [4.78, 5) is 66.2. The SMILES string of the molecule is COc1cc(N2CCN(CCCCCCCCCCCSc3cccc4c3C(=O)N(C3CCC(=O)NC3=O)C4=O)CC2)ccc1Nc1ncc(Cl)c(Nc2ccccc2P(=O)(OC)OC)n1. The van der Waals surface area contributed by atoms with Crippen molar-refractivity contribution in [2.45, 2.75) is 81.6 Å². The highest BCUT2D eigenvalue weighted by Gasteiger charge is 2.45. The van der Waals surface area contributed by atoms with Crippen LogP contribution in [0.15, 0.2) is 71.8 Å². The van der Waals surface area contributed by atoms with E-state index < -0.39 is 31.4 Å². The number of piperidine rings is 1. The summed E-state index contributed by atoms with van der Waals surface area (Å²) < 4.78 is 29.4. The highest BCUT2D eigenvalue weighted by atomic mass is 35.5. The maximum absolute atomic E-state index is 13.3. The van der Waals surface area contributed by atoms with Crippen LogP contribution in [0.2, 0.25) is 5.02 Å². The van der Waals surface area contributed by atoms with Crippen molar-refractivity contribution in [2.75, 3.05) is 75.3 Å². The van der Waals surface area contributed by atoms with Gasteiger partial charge in [0, 0.05) is 63.5 Å². The molecule has 0 spiro atoms. The van der Waals surface area contributed by atoms with Crippen LogP contribution in [-0.2, 0) is 23.2 Å². The number of ether oxygens (including phenoxy) is 1. The Morgan fingerprint density at radius 1 is 0.818 bits per heavy atom. The number of hydrogen-bond acceptors (Lipinski definition) is 15. The second-order valence-electron chi connectivity index (χ2n) is 16.4. The number of amides is 4. The van der Waals surface area contributed by atoms with Crippen molar-refractivity contribution >= 4 is 88.7 Å². The number of thioether (sulfide) groups is 1. The van der Waals surface area contributed by atoms with Gasteiger partial charge in [-0.05, 0) is 68.0 Å². The van der Waals surface area contributed by atoms with Crippen molar-refractivity contribution in [3.8, 4) is 5.75 Å². The van der Waals surface area contributed by atoms with Crippen molar-refractivity contribution in [1.29, 1.82) is 0 Å². The average Bonchev–Trinajstić information content (AvgIpc) is 3.59. The molecule has 66 heavy (non-hydrogen) atoms. The summed E-state index contributed by atoms with van der Waals surface area (Å²) in [5, 5.41) is 9.27. The lowest BCUT2D eigenvalue weighted by molar-refractivity contribution is -0.136. The number of aromatic nitrogens is 2. The van der Waals surface area contributed by atoms with Crippen molar-refractivity contribution in [3.63, 3.8) is 0 Å². The number of methoxy groups -OCH3 is 1. The Morgan fingerprint density at radius 3 is 2.24 bits per heavy atom. The molecule has 1 unspecified atom stereocenters. The van der Waals surface area contributed by atoms with E-state index in [-0.39, 0.29) is 23.8 Å². The van der Waals surface area contributed by atoms with Gasteiger partial charge in [0.1, 0.15) is 16.8 Å². The Labute approximate surface area is 395 Å². The molecular formula is C47H58ClN8O8PS. The summed E-state index contributed by atoms with van der Waals surface area (Å²) in [6, 6.07) is 17.3. The van der Waals surface area contributed by atoms with Crippen molar-refractivity contribution in [1.82, 2.24) is 25.1 Å². The Balaban J connectivity index is 0.764. The zero-order valence-corrected chi connectivity index (χ0v) is 40.2. The lowest BCUT2D eigenvalue weighted by Gasteiger charge is -2.36. The van der Waals surface area contributed by atoms with Crippen molar-refractivity contribution < 1.29 is 37.5 Å². The number of anilines is 5. The van der Waals surface area contributed by atoms with E-state index in [4.69, 9.17) is 25.4 Å². The summed E-state index contributed by atoms with van der Waals surface area (Å²) >= 11 is 8.06. The summed E-state index contributed by atoms with van der Waals surface area (Å²) in [5.41, 5.74) is 2.96. The van der Waals surface area contributed by atoms with Crippen LogP contribution in [0, 0.1) is 0 Å². The molecule has 0 bridgehead atoms. The van der Waals surface area contributed by atoms with Crippen LogP contribution < -0.4 is 30.9 Å². The maximum Gasteiger partial charge on any atom is 0.362 e. The predicted octanol–water partition coefficient (Wildman–Crippen LogP) is 8.56. The average molecular weight is 962 g/mol. The van der Waals surface area contributed by atoms with Gasteiger partial charge in [0.05, 0.1) is 41.1 Å². The molecule has 352 valence electrons. The van der Waals surface area contributed by atoms with E-state index in [2.05, 4.69) is 41.8 Å². The molecule has 4 heterocycles. The minimum absolute atomic E-state index is 0.103. The van der Waals surface area contributed by atoms with Crippen molar-refractivity contribution in [3.05, 3.63) is 83.0 Å². The van der Waals surface area contributed by atoms with Gasteiger partial charge < -0.3 is 29.3 Å². The number of carbonyl (C=O) groups is 4. The number of para-hydroxylation sites is 1. The van der Waals surface area contributed by atoms with E-state index in [1.807, 2.05) is 18.2 Å². The van der Waals surface area contributed by atoms with E-state index in [9.17, 15) is 23.7 Å². The number of fused-ring (bicyclic) bond motifs is 1. The number of hydrogen-bond donors (Lipinski definition) is 3. The summed E-state index contributed by atoms with van der Waals surface area (Å²) in [5.74, 6) is 0.210. The van der Waals surface area contributed by atoms with Gasteiger partial charge in [-0.1, -0.05) is 74.7 Å². The van der Waals surface area contributed by atoms with Crippen LogP contribution >= 0.6 is 31.0 Å². The molecule has 4 amide bonds. The number of unbranched alkanes of at least 4 members (excludes halogenated alkanes) is 8. The molecule has 0 saturated carbocycles. The third-order valence-corrected chi connectivity index (χ3v) is 15.5. The number of carbonyl (C=O) groups excluding carboxylic acids is 4. The molecule has 0 aliphatic carbocycles. The number of rotatable bonds is 23. The van der Waals surface area contributed by atoms with Gasteiger partial charge in [0.25, 0.3) is 11.8 Å². The van der Waals surface area contributed by atoms with E-state index >= 15 is 0 Å². The summed E-state index contributed by atoms with van der Waals surface area (Å²) in [6.45, 7) is 4.98. The smallest absolute Gasteiger partial charge is 0.362 e. The van der Waals surface area contributed by atoms with E-state index in [1.54, 1.807) is 55.3 Å². The van der Waals surface area contributed by atoms with E-state index in [0.29, 0.717) is 45.3 Å². The topological polar surface area (TPSA) is 185 Å². The summed E-state index contributed by atoms with van der Waals surface area (Å²) in [7, 11) is 0.747. The highest BCUT2D eigenvalue weighted by Crippen LogP contribution is 2.47. The van der Waals surface area contributed by atoms with Gasteiger partial charge in [0.15, 0.2) is 5.82 Å². The molecule has 3 N–H and O–H groups in total. The number of nitrogens with zero attached hydrogens (tertiary/aromatic N) is 5. The van der Waals surface area contributed by atoms with Gasteiger partial charge in [-0.25, -0.2) is 4.98 Å². The van der Waals surface area contributed by atoms with Gasteiger partial charge in [0.2, 0.25) is 17.8 Å². The van der Waals surface area contributed by atoms with Crippen LogP contribution in [0.1, 0.15) is 91.3 Å². The Morgan fingerprint density at radius 2 is 1.53 bits per heavy atom. The van der Waals surface area contributed by atoms with Crippen LogP contribution in [0.4, 0.5) is 28.8 Å². The molecule has 3 aliphatic rings. The molecular weight excluding hydrogens is 903 g/mol. The lowest BCUT2D eigenvalue weighted by Crippen LogP contribution is -2.54. The second kappa shape index (κ2) is 23.1. The van der Waals surface area contributed by atoms with E-state index in [0.717, 1.165) is 66.8 Å². The van der Waals surface area contributed by atoms with Gasteiger partial charge >= 0.3 is 7.60 Å². The van der Waals surface area contributed by atoms with Gasteiger partial charge in [-0.2, -0.15) is 4.98 Å². The number of nitrogens with one attached hydrogen (secondary N) is 3. The first-order valence-corrected chi connectivity index (χ1v) is 25.4. The summed E-state index contributed by atoms with van der Waals surface area (Å²) in [6.07, 6.45) is 12.4. The zero-order valence-electron chi connectivity index (χ0n) is 37.7. The third-order valence-electron chi connectivity index (χ3n) is 12.2. The van der Waals surface area contributed by atoms with Crippen molar-refractivity contribution in [2.24, 2.45) is 0 Å². The number of benzene rings is 3. The first kappa shape index (κ1) is 48.9. The van der Waals surface area contributed by atoms with Gasteiger partial charge in [-0.15, -0.1) is 11.8 Å². The molecule has 2 fully saturated rings. The Kier molecular flexibility index (Phi) is 17.1. The van der Waals surface area contributed by atoms with Crippen LogP contribution in [0.5, 0.6) is 5.75 Å². The molecule has 1 atom stereocenters. The second-order valence-corrected chi connectivity index (χ2v) is 20.1. The third kappa shape index (κ3) is 11.7. The minimum atomic E-state index is -3.56. The molecule has 2 saturated heterocycles. The predicted molar refractivity (Wildman–Crippen MR) is 258 cm³/mol. The molecule has 3 aromatic carbocycles. The number of halogens is 1. The molecule has 3 aliphatic heterocycles. The first-order valence-electron chi connectivity index (χ1n) is 22.5. The van der Waals surface area contributed by atoms with Gasteiger partial charge in [-0.3, -0.25) is 38.9 Å². The molecule has 0 radical (unpaired) electrons. The normalized spacial score (nSPS) is 16.7. The molecule has 4 aromatic rings. The monoisotopic (exact) mass is 960 g/mol. The molecule has 16 nitrogen and oxygen atoms in total. The van der Waals surface area contributed by atoms with Crippen LogP contribution in [0.25, 0.3) is 0 Å². The quantitative estimate of drug-likeness (QED) is 0.0278. The van der Waals surface area contributed by atoms with Crippen LogP contribution in [-0.4, -0.2) is 109 Å². The molecule has 1 aromatic heterocycles. The van der Waals surface area contributed by atoms with E-state index in [1.165, 1.54) is 65.4 Å². The van der Waals surface area contributed by atoms with Crippen LogP contribution in [0.3, 0.4) is 0 Å². The fraction of sp³-hybridized carbons (Fsp3) is 0.447. The first-order chi connectivity index (χ1) is 32.0. The fourth-order valence-corrected chi connectivity index (χ4v) is 11.0. The number of imide groups is 2. The number of piperazine rings is 1. The zero-order chi connectivity index (χ0) is 46.6. The Hall–Kier alpha value is -5.03. The minimum Gasteiger partial charge on any atom is -0.494 e. The molecule has 7 rings (SSSR count). The molecule has 19 heteroatoms. The maximum atomic E-state index is 13.3. The standard InChI is InChI=1S/C47H58ClN8O8PS/c1-62-38-30-32(20-21-35(38)51-47-49-31-34(48)43(53-47)50-36-17-11-12-18-39(36)65(61,63-2)64-3)55-27-25-54(26-28-55)24-13-9-7-5-4-6-8-10-14-29-66-40-19-15-16-33-42(40)46(60)56(45(33)59)37-22-23-41(57)52-44(37)58/h11-12,15-21,30-31,37H,4-10,13-14,22-29H2,1-3H3,(H,52,57,58)(H2,49,50,51,53).